The van der Waals surface area contributed by atoms with Crippen LogP contribution in [0.1, 0.15) is 51.0 Å². The lowest BCUT2D eigenvalue weighted by Crippen LogP contribution is -2.51. The maximum atomic E-state index is 12.9. The molecular formula is C24H30O5. The molecule has 5 nitrogen and oxygen atoms in total. The van der Waals surface area contributed by atoms with Gasteiger partial charge in [0.2, 0.25) is 0 Å². The molecule has 4 fully saturated rings. The van der Waals surface area contributed by atoms with Crippen molar-refractivity contribution in [2.45, 2.75) is 45.4 Å². The highest BCUT2D eigenvalue weighted by Gasteiger charge is 2.54. The zero-order valence-electron chi connectivity index (χ0n) is 17.3. The van der Waals surface area contributed by atoms with E-state index in [-0.39, 0.29) is 17.8 Å². The van der Waals surface area contributed by atoms with E-state index in [0.717, 1.165) is 24.8 Å². The van der Waals surface area contributed by atoms with E-state index in [9.17, 15) is 9.59 Å². The Morgan fingerprint density at radius 3 is 2.31 bits per heavy atom. The summed E-state index contributed by atoms with van der Waals surface area (Å²) in [6.07, 6.45) is 9.89. The van der Waals surface area contributed by atoms with Crippen molar-refractivity contribution >= 4 is 17.8 Å². The van der Waals surface area contributed by atoms with Gasteiger partial charge in [-0.2, -0.15) is 0 Å². The van der Waals surface area contributed by atoms with Crippen molar-refractivity contribution in [1.29, 1.82) is 0 Å². The smallest absolute Gasteiger partial charge is 0.331 e. The number of ketones is 1. The largest absolute Gasteiger partial charge is 0.493 e. The van der Waals surface area contributed by atoms with Gasteiger partial charge < -0.3 is 14.2 Å². The maximum Gasteiger partial charge on any atom is 0.331 e. The van der Waals surface area contributed by atoms with Crippen LogP contribution in [0.15, 0.2) is 24.3 Å². The predicted octanol–water partition coefficient (Wildman–Crippen LogP) is 4.44. The predicted molar refractivity (Wildman–Crippen MR) is 110 cm³/mol. The van der Waals surface area contributed by atoms with Crippen LogP contribution < -0.4 is 9.47 Å². The fourth-order valence-corrected chi connectivity index (χ4v) is 6.02. The lowest BCUT2D eigenvalue weighted by molar-refractivity contribution is -0.155. The summed E-state index contributed by atoms with van der Waals surface area (Å²) < 4.78 is 16.1. The molecule has 0 heterocycles. The average Bonchev–Trinajstić information content (AvgIpc) is 2.70. The van der Waals surface area contributed by atoms with Gasteiger partial charge in [-0.15, -0.1) is 0 Å². The molecular weight excluding hydrogens is 368 g/mol. The van der Waals surface area contributed by atoms with Gasteiger partial charge in [-0.3, -0.25) is 4.79 Å². The molecule has 0 aliphatic heterocycles. The van der Waals surface area contributed by atoms with Gasteiger partial charge in [0.15, 0.2) is 23.9 Å². The lowest BCUT2D eigenvalue weighted by Gasteiger charge is -2.55. The number of carbonyl (C=O) groups excluding carboxylic acids is 2. The number of ether oxygens (including phenoxy) is 3. The van der Waals surface area contributed by atoms with E-state index >= 15 is 0 Å². The number of benzene rings is 1. The zero-order valence-corrected chi connectivity index (χ0v) is 17.3. The van der Waals surface area contributed by atoms with Gasteiger partial charge in [0, 0.05) is 11.5 Å². The molecule has 0 radical (unpaired) electrons. The number of rotatable bonds is 8. The quantitative estimate of drug-likeness (QED) is 0.479. The molecule has 156 valence electrons. The van der Waals surface area contributed by atoms with Crippen molar-refractivity contribution in [3.05, 3.63) is 29.8 Å². The van der Waals surface area contributed by atoms with Crippen LogP contribution in [0.3, 0.4) is 0 Å². The van der Waals surface area contributed by atoms with Gasteiger partial charge in [0.05, 0.1) is 13.7 Å². The highest BCUT2D eigenvalue weighted by molar-refractivity contribution is 5.91. The summed E-state index contributed by atoms with van der Waals surface area (Å²) in [5.74, 6) is 3.02. The SMILES string of the molecule is CCOc1ccc(/C=C/C(=O)OCC(=O)C23CC4CC(CC(C4)C2)C3)cc1OC. The molecule has 4 aliphatic rings. The van der Waals surface area contributed by atoms with E-state index in [2.05, 4.69) is 0 Å². The minimum atomic E-state index is -0.490. The maximum absolute atomic E-state index is 12.9. The summed E-state index contributed by atoms with van der Waals surface area (Å²) >= 11 is 0. The van der Waals surface area contributed by atoms with E-state index < -0.39 is 5.97 Å². The zero-order chi connectivity index (χ0) is 20.4. The molecule has 29 heavy (non-hydrogen) atoms. The van der Waals surface area contributed by atoms with Gasteiger partial charge >= 0.3 is 5.97 Å². The van der Waals surface area contributed by atoms with E-state index in [1.54, 1.807) is 19.3 Å². The Balaban J connectivity index is 1.33. The van der Waals surface area contributed by atoms with Crippen molar-refractivity contribution in [3.63, 3.8) is 0 Å². The van der Waals surface area contributed by atoms with E-state index in [1.165, 1.54) is 25.3 Å². The molecule has 0 saturated heterocycles. The molecule has 0 amide bonds. The Kier molecular flexibility index (Phi) is 5.66. The highest BCUT2D eigenvalue weighted by Crippen LogP contribution is 2.60. The van der Waals surface area contributed by atoms with Crippen molar-refractivity contribution in [1.82, 2.24) is 0 Å². The van der Waals surface area contributed by atoms with E-state index in [0.29, 0.717) is 35.9 Å². The van der Waals surface area contributed by atoms with Crippen LogP contribution in [0.4, 0.5) is 0 Å². The third-order valence-corrected chi connectivity index (χ3v) is 6.87. The van der Waals surface area contributed by atoms with Gasteiger partial charge in [0.1, 0.15) is 0 Å². The first-order valence-electron chi connectivity index (χ1n) is 10.7. The summed E-state index contributed by atoms with van der Waals surface area (Å²) in [6, 6.07) is 5.46. The first kappa shape index (κ1) is 20.0. The van der Waals surface area contributed by atoms with Gasteiger partial charge in [0.25, 0.3) is 0 Å². The molecule has 4 bridgehead atoms. The second kappa shape index (κ2) is 8.21. The van der Waals surface area contributed by atoms with Crippen molar-refractivity contribution in [2.24, 2.45) is 23.2 Å². The summed E-state index contributed by atoms with van der Waals surface area (Å²) in [5, 5.41) is 0. The molecule has 0 spiro atoms. The van der Waals surface area contributed by atoms with Crippen molar-refractivity contribution in [2.75, 3.05) is 20.3 Å². The number of carbonyl (C=O) groups is 2. The molecule has 0 aromatic heterocycles. The third-order valence-electron chi connectivity index (χ3n) is 6.87. The summed E-state index contributed by atoms with van der Waals surface area (Å²) in [6.45, 7) is 2.35. The van der Waals surface area contributed by atoms with Crippen LogP contribution >= 0.6 is 0 Å². The number of Topliss-reactive ketones (excluding diaryl/α,β-unsaturated/α-hetero) is 1. The Bertz CT molecular complexity index is 774. The molecule has 4 saturated carbocycles. The van der Waals surface area contributed by atoms with Gasteiger partial charge in [-0.25, -0.2) is 4.79 Å². The fourth-order valence-electron chi connectivity index (χ4n) is 6.02. The van der Waals surface area contributed by atoms with Gasteiger partial charge in [-0.1, -0.05) is 6.07 Å². The molecule has 0 N–H and O–H groups in total. The summed E-state index contributed by atoms with van der Waals surface area (Å²) in [5.41, 5.74) is 0.580. The molecule has 0 unspecified atom stereocenters. The first-order valence-corrected chi connectivity index (χ1v) is 10.7. The monoisotopic (exact) mass is 398 g/mol. The number of esters is 1. The second-order valence-electron chi connectivity index (χ2n) is 8.91. The van der Waals surface area contributed by atoms with Crippen LogP contribution in [0.2, 0.25) is 0 Å². The molecule has 5 heteroatoms. The third kappa shape index (κ3) is 4.19. The Hall–Kier alpha value is -2.30. The van der Waals surface area contributed by atoms with Gasteiger partial charge in [-0.05, 0) is 87.0 Å². The Labute approximate surface area is 172 Å². The lowest BCUT2D eigenvalue weighted by atomic mass is 9.48. The number of methoxy groups -OCH3 is 1. The Morgan fingerprint density at radius 1 is 1.07 bits per heavy atom. The van der Waals surface area contributed by atoms with Crippen LogP contribution in [-0.4, -0.2) is 32.1 Å². The van der Waals surface area contributed by atoms with Crippen molar-refractivity contribution < 1.29 is 23.8 Å². The van der Waals surface area contributed by atoms with Crippen molar-refractivity contribution in [3.8, 4) is 11.5 Å². The normalized spacial score (nSPS) is 29.8. The average molecular weight is 398 g/mol. The summed E-state index contributed by atoms with van der Waals surface area (Å²) in [7, 11) is 1.58. The first-order chi connectivity index (χ1) is 14.0. The molecule has 4 aliphatic carbocycles. The second-order valence-corrected chi connectivity index (χ2v) is 8.91. The molecule has 5 rings (SSSR count). The van der Waals surface area contributed by atoms with E-state index in [1.807, 2.05) is 19.1 Å². The van der Waals surface area contributed by atoms with Crippen LogP contribution in [0.5, 0.6) is 11.5 Å². The van der Waals surface area contributed by atoms with Crippen LogP contribution in [0.25, 0.3) is 6.08 Å². The Morgan fingerprint density at radius 2 is 1.72 bits per heavy atom. The summed E-state index contributed by atoms with van der Waals surface area (Å²) in [4.78, 5) is 25.1. The fraction of sp³-hybridized carbons (Fsp3) is 0.583. The highest BCUT2D eigenvalue weighted by atomic mass is 16.5. The van der Waals surface area contributed by atoms with E-state index in [4.69, 9.17) is 14.2 Å². The van der Waals surface area contributed by atoms with Crippen LogP contribution in [0, 0.1) is 23.2 Å². The standard InChI is InChI=1S/C24H30O5/c1-3-28-20-6-4-16(11-21(20)27-2)5-7-23(26)29-15-22(25)24-12-17-8-18(13-24)10-19(9-17)14-24/h4-7,11,17-19H,3,8-10,12-15H2,1-2H3/b7-5+. The minimum absolute atomic E-state index is 0.109. The minimum Gasteiger partial charge on any atom is -0.493 e. The molecule has 0 atom stereocenters. The molecule has 1 aromatic carbocycles. The number of hydrogen-bond donors (Lipinski definition) is 0. The number of hydrogen-bond acceptors (Lipinski definition) is 5. The molecule has 1 aromatic rings. The van der Waals surface area contributed by atoms with Crippen LogP contribution in [-0.2, 0) is 14.3 Å². The topological polar surface area (TPSA) is 61.8 Å².